The zero-order valence-corrected chi connectivity index (χ0v) is 13.7. The van der Waals surface area contributed by atoms with Crippen LogP contribution in [0.2, 0.25) is 0 Å². The second-order valence-electron chi connectivity index (χ2n) is 5.90. The van der Waals surface area contributed by atoms with Crippen molar-refractivity contribution in [3.63, 3.8) is 0 Å². The number of aromatic amines is 1. The first-order valence-electron chi connectivity index (χ1n) is 7.85. The summed E-state index contributed by atoms with van der Waals surface area (Å²) in [5.41, 5.74) is 0.507. The van der Waals surface area contributed by atoms with Crippen LogP contribution in [0, 0.1) is 18.6 Å². The van der Waals surface area contributed by atoms with Crippen LogP contribution in [-0.2, 0) is 0 Å². The average Bonchev–Trinajstić information content (AvgIpc) is 2.91. The van der Waals surface area contributed by atoms with Crippen LogP contribution in [0.1, 0.15) is 5.69 Å². The van der Waals surface area contributed by atoms with E-state index >= 15 is 0 Å². The maximum absolute atomic E-state index is 13.5. The molecule has 0 fully saturated rings. The van der Waals surface area contributed by atoms with Gasteiger partial charge in [-0.25, -0.2) is 13.5 Å². The number of aromatic nitrogens is 3. The van der Waals surface area contributed by atoms with Gasteiger partial charge in [0, 0.05) is 11.8 Å². The smallest absolute Gasteiger partial charge is 0.280 e. The number of H-pyrrole nitrogens is 1. The third kappa shape index (κ3) is 2.45. The minimum absolute atomic E-state index is 0.276. The van der Waals surface area contributed by atoms with E-state index in [2.05, 4.69) is 5.10 Å². The number of aryl methyl sites for hydroxylation is 1. The third-order valence-electron chi connectivity index (χ3n) is 4.24. The Morgan fingerprint density at radius 3 is 2.15 bits per heavy atom. The first-order chi connectivity index (χ1) is 12.5. The van der Waals surface area contributed by atoms with Crippen LogP contribution in [0.4, 0.5) is 8.78 Å². The van der Waals surface area contributed by atoms with Crippen LogP contribution in [-0.4, -0.2) is 14.3 Å². The fraction of sp³-hybridized carbons (Fsp3) is 0.0526. The van der Waals surface area contributed by atoms with E-state index in [-0.39, 0.29) is 5.39 Å². The van der Waals surface area contributed by atoms with Gasteiger partial charge in [-0.05, 0) is 43.3 Å². The van der Waals surface area contributed by atoms with Crippen LogP contribution >= 0.6 is 0 Å². The van der Waals surface area contributed by atoms with E-state index in [4.69, 9.17) is 0 Å². The summed E-state index contributed by atoms with van der Waals surface area (Å²) in [6.07, 6.45) is 0. The second kappa shape index (κ2) is 5.80. The molecule has 0 saturated carbocycles. The van der Waals surface area contributed by atoms with Gasteiger partial charge in [0.05, 0.1) is 22.3 Å². The summed E-state index contributed by atoms with van der Waals surface area (Å²) in [6.45, 7) is 1.61. The molecule has 4 rings (SSSR count). The Hall–Kier alpha value is -3.48. The SMILES string of the molecule is Cc1c2c(=O)n(-c3cccc(F)c3)[nH]c2cc(=O)n1-c1cccc(F)c1. The molecule has 0 amide bonds. The highest BCUT2D eigenvalue weighted by Gasteiger charge is 2.16. The van der Waals surface area contributed by atoms with Gasteiger partial charge in [0.15, 0.2) is 0 Å². The summed E-state index contributed by atoms with van der Waals surface area (Å²) in [4.78, 5) is 25.4. The van der Waals surface area contributed by atoms with Crippen LogP contribution in [0.3, 0.4) is 0 Å². The van der Waals surface area contributed by atoms with Crippen LogP contribution < -0.4 is 11.1 Å². The Morgan fingerprint density at radius 1 is 0.885 bits per heavy atom. The molecule has 2 aromatic heterocycles. The van der Waals surface area contributed by atoms with Gasteiger partial charge in [0.25, 0.3) is 11.1 Å². The third-order valence-corrected chi connectivity index (χ3v) is 4.24. The van der Waals surface area contributed by atoms with Gasteiger partial charge in [-0.3, -0.25) is 19.3 Å². The summed E-state index contributed by atoms with van der Waals surface area (Å²) in [7, 11) is 0. The van der Waals surface area contributed by atoms with Crippen molar-refractivity contribution in [2.45, 2.75) is 6.92 Å². The van der Waals surface area contributed by atoms with Crippen molar-refractivity contribution in [3.8, 4) is 11.4 Å². The lowest BCUT2D eigenvalue weighted by Gasteiger charge is -2.10. The topological polar surface area (TPSA) is 59.8 Å². The van der Waals surface area contributed by atoms with Gasteiger partial charge in [-0.1, -0.05) is 12.1 Å². The molecule has 130 valence electrons. The normalized spacial score (nSPS) is 11.2. The monoisotopic (exact) mass is 353 g/mol. The molecule has 0 atom stereocenters. The molecular weight excluding hydrogens is 340 g/mol. The zero-order valence-electron chi connectivity index (χ0n) is 13.7. The largest absolute Gasteiger partial charge is 0.290 e. The molecule has 5 nitrogen and oxygen atoms in total. The van der Waals surface area contributed by atoms with Crippen molar-refractivity contribution in [3.05, 3.63) is 92.6 Å². The van der Waals surface area contributed by atoms with Crippen LogP contribution in [0.5, 0.6) is 0 Å². The molecule has 0 aliphatic rings. The lowest BCUT2D eigenvalue weighted by molar-refractivity contribution is 0.625. The number of benzene rings is 2. The summed E-state index contributed by atoms with van der Waals surface area (Å²) in [5.74, 6) is -0.968. The van der Waals surface area contributed by atoms with Gasteiger partial charge in [-0.2, -0.15) is 0 Å². The van der Waals surface area contributed by atoms with Crippen molar-refractivity contribution in [1.82, 2.24) is 14.3 Å². The lowest BCUT2D eigenvalue weighted by atomic mass is 10.2. The van der Waals surface area contributed by atoms with E-state index < -0.39 is 22.8 Å². The number of nitrogens with zero attached hydrogens (tertiary/aromatic N) is 2. The van der Waals surface area contributed by atoms with Crippen LogP contribution in [0.25, 0.3) is 22.3 Å². The summed E-state index contributed by atoms with van der Waals surface area (Å²) in [6, 6.07) is 12.4. The molecule has 4 aromatic rings. The average molecular weight is 353 g/mol. The lowest BCUT2D eigenvalue weighted by Crippen LogP contribution is -2.22. The van der Waals surface area contributed by atoms with Gasteiger partial charge in [0.2, 0.25) is 0 Å². The van der Waals surface area contributed by atoms with E-state index in [9.17, 15) is 18.4 Å². The fourth-order valence-corrected chi connectivity index (χ4v) is 3.11. The van der Waals surface area contributed by atoms with Crippen molar-refractivity contribution in [1.29, 1.82) is 0 Å². The number of nitrogens with one attached hydrogen (secondary N) is 1. The summed E-state index contributed by atoms with van der Waals surface area (Å²) < 4.78 is 29.5. The number of halogens is 2. The molecule has 0 radical (unpaired) electrons. The Balaban J connectivity index is 2.03. The predicted octanol–water partition coefficient (Wildman–Crippen LogP) is 3.06. The number of hydrogen-bond donors (Lipinski definition) is 1. The Kier molecular flexibility index (Phi) is 3.57. The minimum atomic E-state index is -0.486. The molecule has 26 heavy (non-hydrogen) atoms. The standard InChI is InChI=1S/C19H13F2N3O2/c1-11-18-16(10-17(25)23(11)14-6-2-4-12(20)8-14)22-24(19(18)26)15-7-3-5-13(21)9-15/h2-10,22H,1H3. The quantitative estimate of drug-likeness (QED) is 0.602. The van der Waals surface area contributed by atoms with Crippen molar-refractivity contribution in [2.75, 3.05) is 0 Å². The van der Waals surface area contributed by atoms with E-state index in [1.165, 1.54) is 51.7 Å². The van der Waals surface area contributed by atoms with E-state index in [1.54, 1.807) is 19.1 Å². The van der Waals surface area contributed by atoms with Crippen molar-refractivity contribution < 1.29 is 8.78 Å². The van der Waals surface area contributed by atoms with Gasteiger partial charge in [-0.15, -0.1) is 0 Å². The zero-order chi connectivity index (χ0) is 18.4. The number of fused-ring (bicyclic) bond motifs is 1. The molecule has 0 saturated heterocycles. The highest BCUT2D eigenvalue weighted by atomic mass is 19.1. The van der Waals surface area contributed by atoms with Gasteiger partial charge in [0.1, 0.15) is 11.6 Å². The van der Waals surface area contributed by atoms with E-state index in [0.717, 1.165) is 0 Å². The summed E-state index contributed by atoms with van der Waals surface area (Å²) in [5, 5.41) is 3.11. The molecule has 2 aromatic carbocycles. The molecule has 0 unspecified atom stereocenters. The Morgan fingerprint density at radius 2 is 1.50 bits per heavy atom. The second-order valence-corrected chi connectivity index (χ2v) is 5.90. The van der Waals surface area contributed by atoms with Crippen molar-refractivity contribution in [2.24, 2.45) is 0 Å². The molecule has 0 aliphatic heterocycles. The van der Waals surface area contributed by atoms with E-state index in [0.29, 0.717) is 22.6 Å². The van der Waals surface area contributed by atoms with Crippen molar-refractivity contribution >= 4 is 10.9 Å². The number of rotatable bonds is 2. The maximum atomic E-state index is 13.5. The fourth-order valence-electron chi connectivity index (χ4n) is 3.11. The highest BCUT2D eigenvalue weighted by molar-refractivity contribution is 5.81. The molecule has 0 spiro atoms. The predicted molar refractivity (Wildman–Crippen MR) is 94.1 cm³/mol. The highest BCUT2D eigenvalue weighted by Crippen LogP contribution is 2.17. The summed E-state index contributed by atoms with van der Waals surface area (Å²) >= 11 is 0. The Labute approximate surface area is 145 Å². The van der Waals surface area contributed by atoms with Gasteiger partial charge >= 0.3 is 0 Å². The first kappa shape index (κ1) is 16.0. The molecule has 2 heterocycles. The van der Waals surface area contributed by atoms with Gasteiger partial charge < -0.3 is 0 Å². The maximum Gasteiger partial charge on any atom is 0.280 e. The molecular formula is C19H13F2N3O2. The van der Waals surface area contributed by atoms with Crippen LogP contribution in [0.15, 0.2) is 64.2 Å². The molecule has 1 N–H and O–H groups in total. The number of pyridine rings is 1. The first-order valence-corrected chi connectivity index (χ1v) is 7.85. The number of hydrogen-bond acceptors (Lipinski definition) is 2. The van der Waals surface area contributed by atoms with E-state index in [1.807, 2.05) is 0 Å². The molecule has 7 heteroatoms. The minimum Gasteiger partial charge on any atom is -0.290 e. The Bertz CT molecular complexity index is 1270. The molecule has 0 aliphatic carbocycles. The molecule has 0 bridgehead atoms.